The lowest BCUT2D eigenvalue weighted by Crippen LogP contribution is -2.41. The smallest absolute Gasteiger partial charge is 0.244 e. The molecule has 1 aliphatic rings. The number of halogens is 1. The van der Waals surface area contributed by atoms with Gasteiger partial charge in [-0.2, -0.15) is 9.57 Å². The molecule has 1 aromatic carbocycles. The van der Waals surface area contributed by atoms with Crippen molar-refractivity contribution in [1.82, 2.24) is 4.31 Å². The highest BCUT2D eigenvalue weighted by Crippen LogP contribution is 2.26. The zero-order chi connectivity index (χ0) is 15.6. The highest BCUT2D eigenvalue weighted by atomic mass is 32.2. The fourth-order valence-electron chi connectivity index (χ4n) is 2.35. The van der Waals surface area contributed by atoms with Crippen LogP contribution in [0.15, 0.2) is 23.1 Å². The largest absolute Gasteiger partial charge is 0.369 e. The summed E-state index contributed by atoms with van der Waals surface area (Å²) in [6.07, 6.45) is 0.650. The van der Waals surface area contributed by atoms with E-state index in [4.69, 9.17) is 11.0 Å². The Hall–Kier alpha value is -1.98. The summed E-state index contributed by atoms with van der Waals surface area (Å²) >= 11 is 0. The van der Waals surface area contributed by atoms with Crippen molar-refractivity contribution >= 4 is 15.9 Å². The van der Waals surface area contributed by atoms with E-state index >= 15 is 0 Å². The average molecular weight is 311 g/mol. The minimum absolute atomic E-state index is 0.122. The first-order valence-electron chi connectivity index (χ1n) is 6.36. The second-order valence-electron chi connectivity index (χ2n) is 4.81. The van der Waals surface area contributed by atoms with Crippen LogP contribution in [0.3, 0.4) is 0 Å². The lowest BCUT2D eigenvalue weighted by Gasteiger charge is -2.29. The molecule has 2 N–H and O–H groups in total. The minimum Gasteiger partial charge on any atom is -0.369 e. The zero-order valence-electron chi connectivity index (χ0n) is 11.1. The molecule has 0 atom stereocenters. The van der Waals surface area contributed by atoms with Gasteiger partial charge in [0.15, 0.2) is 0 Å². The van der Waals surface area contributed by atoms with Gasteiger partial charge in [-0.3, -0.25) is 4.79 Å². The van der Waals surface area contributed by atoms with Crippen molar-refractivity contribution < 1.29 is 17.6 Å². The topological polar surface area (TPSA) is 104 Å². The summed E-state index contributed by atoms with van der Waals surface area (Å²) in [6, 6.07) is 5.07. The molecule has 1 fully saturated rings. The van der Waals surface area contributed by atoms with Crippen LogP contribution in [0.4, 0.5) is 4.39 Å². The summed E-state index contributed by atoms with van der Waals surface area (Å²) in [5.41, 5.74) is 4.71. The van der Waals surface area contributed by atoms with E-state index < -0.39 is 27.3 Å². The molecule has 2 rings (SSSR count). The van der Waals surface area contributed by atoms with Crippen LogP contribution in [0.2, 0.25) is 0 Å². The van der Waals surface area contributed by atoms with E-state index in [9.17, 15) is 17.6 Å². The molecule has 1 aliphatic heterocycles. The average Bonchev–Trinajstić information content (AvgIpc) is 2.47. The molecule has 0 radical (unpaired) electrons. The van der Waals surface area contributed by atoms with Crippen LogP contribution in [-0.4, -0.2) is 31.7 Å². The molecule has 6 nitrogen and oxygen atoms in total. The third kappa shape index (κ3) is 2.89. The summed E-state index contributed by atoms with van der Waals surface area (Å²) in [4.78, 5) is 10.7. The molecule has 8 heteroatoms. The van der Waals surface area contributed by atoms with Crippen LogP contribution in [0.25, 0.3) is 0 Å². The Morgan fingerprint density at radius 2 is 2.00 bits per heavy atom. The summed E-state index contributed by atoms with van der Waals surface area (Å²) < 4.78 is 39.7. The van der Waals surface area contributed by atoms with E-state index in [1.807, 2.05) is 0 Å². The van der Waals surface area contributed by atoms with Gasteiger partial charge in [-0.1, -0.05) is 6.07 Å². The van der Waals surface area contributed by atoms with E-state index in [1.54, 1.807) is 6.07 Å². The SMILES string of the molecule is N#Cc1c(F)cccc1S(=O)(=O)N1CCC(C(N)=O)CC1. The molecule has 1 heterocycles. The van der Waals surface area contributed by atoms with Crippen LogP contribution >= 0.6 is 0 Å². The number of nitrogens with zero attached hydrogens (tertiary/aromatic N) is 2. The third-order valence-corrected chi connectivity index (χ3v) is 5.50. The number of rotatable bonds is 3. The Kier molecular flexibility index (Phi) is 4.25. The van der Waals surface area contributed by atoms with E-state index in [-0.39, 0.29) is 23.9 Å². The first-order valence-corrected chi connectivity index (χ1v) is 7.80. The van der Waals surface area contributed by atoms with Gasteiger partial charge >= 0.3 is 0 Å². The Labute approximate surface area is 122 Å². The van der Waals surface area contributed by atoms with Crippen molar-refractivity contribution in [2.75, 3.05) is 13.1 Å². The number of sulfonamides is 1. The maximum atomic E-state index is 13.5. The van der Waals surface area contributed by atoms with Crippen molar-refractivity contribution in [2.45, 2.75) is 17.7 Å². The van der Waals surface area contributed by atoms with Crippen molar-refractivity contribution in [2.24, 2.45) is 11.7 Å². The second-order valence-corrected chi connectivity index (χ2v) is 6.71. The fraction of sp³-hybridized carbons (Fsp3) is 0.385. The van der Waals surface area contributed by atoms with Crippen LogP contribution in [0.1, 0.15) is 18.4 Å². The molecule has 0 bridgehead atoms. The molecule has 21 heavy (non-hydrogen) atoms. The fourth-order valence-corrected chi connectivity index (χ4v) is 3.97. The maximum absolute atomic E-state index is 13.5. The molecule has 1 saturated heterocycles. The van der Waals surface area contributed by atoms with Crippen LogP contribution in [0, 0.1) is 23.1 Å². The van der Waals surface area contributed by atoms with Gasteiger partial charge in [-0.15, -0.1) is 0 Å². The predicted octanol–water partition coefficient (Wildman–Crippen LogP) is 0.583. The van der Waals surface area contributed by atoms with Crippen LogP contribution < -0.4 is 5.73 Å². The highest BCUT2D eigenvalue weighted by Gasteiger charge is 2.33. The number of nitriles is 1. The first kappa shape index (κ1) is 15.4. The number of hydrogen-bond acceptors (Lipinski definition) is 4. The molecule has 0 spiro atoms. The minimum atomic E-state index is -3.96. The number of amides is 1. The van der Waals surface area contributed by atoms with Gasteiger partial charge < -0.3 is 5.73 Å². The van der Waals surface area contributed by atoms with Gasteiger partial charge in [0, 0.05) is 19.0 Å². The van der Waals surface area contributed by atoms with Gasteiger partial charge in [-0.25, -0.2) is 12.8 Å². The number of carbonyl (C=O) groups is 1. The number of carbonyl (C=O) groups excluding carboxylic acids is 1. The van der Waals surface area contributed by atoms with Crippen molar-refractivity contribution in [3.63, 3.8) is 0 Å². The Morgan fingerprint density at radius 3 is 2.52 bits per heavy atom. The van der Waals surface area contributed by atoms with E-state index in [2.05, 4.69) is 0 Å². The third-order valence-electron chi connectivity index (χ3n) is 3.56. The molecular formula is C13H14FN3O3S. The number of primary amides is 1. The van der Waals surface area contributed by atoms with Crippen molar-refractivity contribution in [1.29, 1.82) is 5.26 Å². The quantitative estimate of drug-likeness (QED) is 0.881. The Bertz CT molecular complexity index is 704. The normalized spacial score (nSPS) is 17.3. The zero-order valence-corrected chi connectivity index (χ0v) is 11.9. The van der Waals surface area contributed by atoms with Crippen LogP contribution in [-0.2, 0) is 14.8 Å². The van der Waals surface area contributed by atoms with Crippen molar-refractivity contribution in [3.8, 4) is 6.07 Å². The standard InChI is InChI=1S/C13H14FN3O3S/c14-11-2-1-3-12(10(11)8-15)21(19,20)17-6-4-9(5-7-17)13(16)18/h1-3,9H,4-7H2,(H2,16,18). The molecule has 112 valence electrons. The Balaban J connectivity index is 2.31. The Morgan fingerprint density at radius 1 is 1.38 bits per heavy atom. The number of benzene rings is 1. The van der Waals surface area contributed by atoms with E-state index in [1.165, 1.54) is 12.1 Å². The molecule has 1 aromatic rings. The molecule has 0 aromatic heterocycles. The van der Waals surface area contributed by atoms with E-state index in [0.29, 0.717) is 12.8 Å². The van der Waals surface area contributed by atoms with Gasteiger partial charge in [0.1, 0.15) is 22.3 Å². The van der Waals surface area contributed by atoms with Gasteiger partial charge in [-0.05, 0) is 25.0 Å². The molecule has 0 aliphatic carbocycles. The van der Waals surface area contributed by atoms with Gasteiger partial charge in [0.2, 0.25) is 15.9 Å². The van der Waals surface area contributed by atoms with Gasteiger partial charge in [0.25, 0.3) is 0 Å². The molecule has 0 saturated carbocycles. The molecular weight excluding hydrogens is 297 g/mol. The number of nitrogens with two attached hydrogens (primary N) is 1. The maximum Gasteiger partial charge on any atom is 0.244 e. The number of piperidine rings is 1. The summed E-state index contributed by atoms with van der Waals surface area (Å²) in [6.45, 7) is 0.245. The van der Waals surface area contributed by atoms with Crippen LogP contribution in [0.5, 0.6) is 0 Å². The molecule has 1 amide bonds. The summed E-state index contributed by atoms with van der Waals surface area (Å²) in [5.74, 6) is -1.67. The van der Waals surface area contributed by atoms with Crippen molar-refractivity contribution in [3.05, 3.63) is 29.6 Å². The van der Waals surface area contributed by atoms with Gasteiger partial charge in [0.05, 0.1) is 0 Å². The first-order chi connectivity index (χ1) is 9.87. The predicted molar refractivity (Wildman–Crippen MR) is 71.8 cm³/mol. The monoisotopic (exact) mass is 311 g/mol. The molecule has 0 unspecified atom stereocenters. The lowest BCUT2D eigenvalue weighted by atomic mass is 9.98. The second kappa shape index (κ2) is 5.79. The highest BCUT2D eigenvalue weighted by molar-refractivity contribution is 7.89. The summed E-state index contributed by atoms with van der Waals surface area (Å²) in [5, 5.41) is 8.94. The van der Waals surface area contributed by atoms with E-state index in [0.717, 1.165) is 10.4 Å². The lowest BCUT2D eigenvalue weighted by molar-refractivity contribution is -0.122. The summed E-state index contributed by atoms with van der Waals surface area (Å²) in [7, 11) is -3.96. The number of hydrogen-bond donors (Lipinski definition) is 1.